The van der Waals surface area contributed by atoms with Crippen LogP contribution in [0.5, 0.6) is 0 Å². The largest absolute Gasteiger partial charge is 0.478 e. The Morgan fingerprint density at radius 1 is 1.50 bits per heavy atom. The Labute approximate surface area is 105 Å². The maximum atomic E-state index is 11.3. The highest BCUT2D eigenvalue weighted by molar-refractivity contribution is 6.01. The van der Waals surface area contributed by atoms with Gasteiger partial charge in [0, 0.05) is 7.11 Å². The molecule has 0 aliphatic rings. The number of methoxy groups -OCH3 is 1. The van der Waals surface area contributed by atoms with Crippen molar-refractivity contribution in [1.82, 2.24) is 9.55 Å². The van der Waals surface area contributed by atoms with E-state index in [0.717, 1.165) is 0 Å². The third kappa shape index (κ3) is 1.97. The normalized spacial score (nSPS) is 11.9. The summed E-state index contributed by atoms with van der Waals surface area (Å²) in [5.41, 5.74) is 1.22. The van der Waals surface area contributed by atoms with Crippen LogP contribution < -0.4 is 0 Å². The first-order valence-electron chi connectivity index (χ1n) is 5.66. The maximum absolute atomic E-state index is 11.3. The van der Waals surface area contributed by atoms with Crippen LogP contribution in [0.2, 0.25) is 0 Å². The van der Waals surface area contributed by atoms with Gasteiger partial charge in [-0.15, -0.1) is 0 Å². The number of aromatic carboxylic acids is 1. The summed E-state index contributed by atoms with van der Waals surface area (Å²) in [6.45, 7) is 4.44. The SMILES string of the molecule is COCC(C)(C)n1cnc2cccc(C(=O)O)c21. The molecule has 5 nitrogen and oxygen atoms in total. The Bertz CT molecular complexity index is 587. The number of carboxylic acids is 1. The zero-order valence-electron chi connectivity index (χ0n) is 10.7. The molecule has 1 aromatic heterocycles. The van der Waals surface area contributed by atoms with Crippen LogP contribution in [0.3, 0.4) is 0 Å². The minimum atomic E-state index is -0.949. The topological polar surface area (TPSA) is 64.4 Å². The third-order valence-corrected chi connectivity index (χ3v) is 2.95. The van der Waals surface area contributed by atoms with Gasteiger partial charge in [-0.05, 0) is 26.0 Å². The monoisotopic (exact) mass is 248 g/mol. The first kappa shape index (κ1) is 12.6. The van der Waals surface area contributed by atoms with Crippen LogP contribution in [0, 0.1) is 0 Å². The van der Waals surface area contributed by atoms with Crippen LogP contribution in [-0.4, -0.2) is 34.3 Å². The molecule has 1 heterocycles. The summed E-state index contributed by atoms with van der Waals surface area (Å²) in [4.78, 5) is 15.5. The third-order valence-electron chi connectivity index (χ3n) is 2.95. The van der Waals surface area contributed by atoms with Gasteiger partial charge in [-0.2, -0.15) is 0 Å². The molecule has 96 valence electrons. The molecule has 0 aliphatic carbocycles. The molecule has 0 unspecified atom stereocenters. The summed E-state index contributed by atoms with van der Waals surface area (Å²) in [5, 5.41) is 9.25. The van der Waals surface area contributed by atoms with Crippen molar-refractivity contribution < 1.29 is 14.6 Å². The van der Waals surface area contributed by atoms with Gasteiger partial charge in [0.25, 0.3) is 0 Å². The summed E-state index contributed by atoms with van der Waals surface area (Å²) < 4.78 is 7.04. The lowest BCUT2D eigenvalue weighted by molar-refractivity contribution is 0.0697. The minimum absolute atomic E-state index is 0.258. The molecule has 0 amide bonds. The van der Waals surface area contributed by atoms with Crippen molar-refractivity contribution in [1.29, 1.82) is 0 Å². The van der Waals surface area contributed by atoms with E-state index in [0.29, 0.717) is 17.6 Å². The predicted octanol–water partition coefficient (Wildman–Crippen LogP) is 2.12. The second kappa shape index (κ2) is 4.42. The zero-order valence-corrected chi connectivity index (χ0v) is 10.7. The van der Waals surface area contributed by atoms with E-state index >= 15 is 0 Å². The summed E-state index contributed by atoms with van der Waals surface area (Å²) in [7, 11) is 1.62. The van der Waals surface area contributed by atoms with E-state index in [1.165, 1.54) is 0 Å². The quantitative estimate of drug-likeness (QED) is 0.900. The molecule has 1 N–H and O–H groups in total. The van der Waals surface area contributed by atoms with Gasteiger partial charge in [0.1, 0.15) is 0 Å². The lowest BCUT2D eigenvalue weighted by Crippen LogP contribution is -2.31. The Balaban J connectivity index is 2.69. The molecule has 5 heteroatoms. The molecule has 0 saturated carbocycles. The standard InChI is InChI=1S/C13H16N2O3/c1-13(2,7-18-3)15-8-14-10-6-4-5-9(11(10)15)12(16)17/h4-6,8H,7H2,1-3H3,(H,16,17). The molecule has 0 atom stereocenters. The molecule has 0 aliphatic heterocycles. The summed E-state index contributed by atoms with van der Waals surface area (Å²) in [6, 6.07) is 5.10. The predicted molar refractivity (Wildman–Crippen MR) is 67.9 cm³/mol. The summed E-state index contributed by atoms with van der Waals surface area (Å²) >= 11 is 0. The number of para-hydroxylation sites is 1. The van der Waals surface area contributed by atoms with E-state index in [2.05, 4.69) is 4.98 Å². The van der Waals surface area contributed by atoms with Crippen molar-refractivity contribution >= 4 is 17.0 Å². The fraction of sp³-hybridized carbons (Fsp3) is 0.385. The van der Waals surface area contributed by atoms with E-state index < -0.39 is 5.97 Å². The Kier molecular flexibility index (Phi) is 3.09. The van der Waals surface area contributed by atoms with Crippen molar-refractivity contribution in [2.45, 2.75) is 19.4 Å². The molecule has 1 aromatic carbocycles. The zero-order chi connectivity index (χ0) is 13.3. The number of rotatable bonds is 4. The van der Waals surface area contributed by atoms with E-state index in [1.54, 1.807) is 31.6 Å². The second-order valence-electron chi connectivity index (χ2n) is 4.84. The van der Waals surface area contributed by atoms with Gasteiger partial charge in [0.15, 0.2) is 0 Å². The molecule has 0 fully saturated rings. The number of benzene rings is 1. The Morgan fingerprint density at radius 3 is 2.83 bits per heavy atom. The van der Waals surface area contributed by atoms with Gasteiger partial charge in [-0.1, -0.05) is 6.07 Å². The molecule has 0 saturated heterocycles. The smallest absolute Gasteiger partial charge is 0.337 e. The van der Waals surface area contributed by atoms with Gasteiger partial charge < -0.3 is 14.4 Å². The molecular weight excluding hydrogens is 232 g/mol. The van der Waals surface area contributed by atoms with Crippen LogP contribution in [0.25, 0.3) is 11.0 Å². The number of carboxylic acid groups (broad SMARTS) is 1. The van der Waals surface area contributed by atoms with Crippen molar-refractivity contribution in [3.05, 3.63) is 30.1 Å². The number of imidazole rings is 1. The molecule has 0 radical (unpaired) electrons. The number of fused-ring (bicyclic) bond motifs is 1. The molecule has 2 rings (SSSR count). The van der Waals surface area contributed by atoms with E-state index in [-0.39, 0.29) is 11.1 Å². The van der Waals surface area contributed by atoms with Crippen molar-refractivity contribution in [3.63, 3.8) is 0 Å². The number of hydrogen-bond donors (Lipinski definition) is 1. The van der Waals surface area contributed by atoms with Crippen LogP contribution in [0.15, 0.2) is 24.5 Å². The van der Waals surface area contributed by atoms with Gasteiger partial charge in [0.05, 0.1) is 35.1 Å². The van der Waals surface area contributed by atoms with Crippen molar-refractivity contribution in [3.8, 4) is 0 Å². The number of aromatic nitrogens is 2. The van der Waals surface area contributed by atoms with Crippen LogP contribution in [0.1, 0.15) is 24.2 Å². The summed E-state index contributed by atoms with van der Waals surface area (Å²) in [6.07, 6.45) is 1.66. The number of carbonyl (C=O) groups is 1. The fourth-order valence-electron chi connectivity index (χ4n) is 2.12. The van der Waals surface area contributed by atoms with Crippen molar-refractivity contribution in [2.24, 2.45) is 0 Å². The van der Waals surface area contributed by atoms with Crippen LogP contribution in [0.4, 0.5) is 0 Å². The number of ether oxygens (including phenoxy) is 1. The van der Waals surface area contributed by atoms with Crippen molar-refractivity contribution in [2.75, 3.05) is 13.7 Å². The highest BCUT2D eigenvalue weighted by Crippen LogP contribution is 2.25. The Hall–Kier alpha value is -1.88. The first-order valence-corrected chi connectivity index (χ1v) is 5.66. The van der Waals surface area contributed by atoms with Gasteiger partial charge in [-0.25, -0.2) is 9.78 Å². The molecule has 0 bridgehead atoms. The fourth-order valence-corrected chi connectivity index (χ4v) is 2.12. The lowest BCUT2D eigenvalue weighted by Gasteiger charge is -2.26. The first-order chi connectivity index (χ1) is 8.47. The van der Waals surface area contributed by atoms with Gasteiger partial charge >= 0.3 is 5.97 Å². The minimum Gasteiger partial charge on any atom is -0.478 e. The highest BCUT2D eigenvalue weighted by atomic mass is 16.5. The maximum Gasteiger partial charge on any atom is 0.337 e. The number of nitrogens with zero attached hydrogens (tertiary/aromatic N) is 2. The summed E-state index contributed by atoms with van der Waals surface area (Å²) in [5.74, 6) is -0.949. The molecule has 18 heavy (non-hydrogen) atoms. The van der Waals surface area contributed by atoms with Gasteiger partial charge in [-0.3, -0.25) is 0 Å². The molecular formula is C13H16N2O3. The number of hydrogen-bond acceptors (Lipinski definition) is 3. The van der Waals surface area contributed by atoms with E-state index in [1.807, 2.05) is 18.4 Å². The van der Waals surface area contributed by atoms with E-state index in [9.17, 15) is 9.90 Å². The van der Waals surface area contributed by atoms with Gasteiger partial charge in [0.2, 0.25) is 0 Å². The van der Waals surface area contributed by atoms with Crippen LogP contribution >= 0.6 is 0 Å². The lowest BCUT2D eigenvalue weighted by atomic mass is 10.1. The molecule has 2 aromatic rings. The average Bonchev–Trinajstić information content (AvgIpc) is 2.72. The van der Waals surface area contributed by atoms with Crippen LogP contribution in [-0.2, 0) is 10.3 Å². The molecule has 0 spiro atoms. The average molecular weight is 248 g/mol. The second-order valence-corrected chi connectivity index (χ2v) is 4.84. The highest BCUT2D eigenvalue weighted by Gasteiger charge is 2.24. The Morgan fingerprint density at radius 2 is 2.22 bits per heavy atom. The van der Waals surface area contributed by atoms with E-state index in [4.69, 9.17) is 4.74 Å².